The van der Waals surface area contributed by atoms with Gasteiger partial charge in [0, 0.05) is 5.92 Å². The van der Waals surface area contributed by atoms with Gasteiger partial charge in [-0.05, 0) is 23.2 Å². The van der Waals surface area contributed by atoms with Crippen LogP contribution in [-0.4, -0.2) is 14.2 Å². The quantitative estimate of drug-likeness (QED) is 0.686. The number of ether oxygens (including phenoxy) is 1. The third kappa shape index (κ3) is 1.85. The first kappa shape index (κ1) is 11.8. The van der Waals surface area contributed by atoms with Gasteiger partial charge in [0.2, 0.25) is 0 Å². The summed E-state index contributed by atoms with van der Waals surface area (Å²) in [6, 6.07) is 8.58. The minimum atomic E-state index is -1.28. The molecule has 18 heavy (non-hydrogen) atoms. The molecule has 0 radical (unpaired) electrons. The number of rotatable bonds is 1. The molecule has 0 N–H and O–H groups in total. The lowest BCUT2D eigenvalue weighted by atomic mass is 9.87. The van der Waals surface area contributed by atoms with Crippen molar-refractivity contribution in [1.82, 2.24) is 0 Å². The van der Waals surface area contributed by atoms with Crippen molar-refractivity contribution in [3.63, 3.8) is 0 Å². The van der Waals surface area contributed by atoms with Crippen LogP contribution >= 0.6 is 0 Å². The van der Waals surface area contributed by atoms with E-state index in [1.807, 2.05) is 0 Å². The average Bonchev–Trinajstić information content (AvgIpc) is 2.34. The number of allylic oxidation sites excluding steroid dienone is 2. The maximum Gasteiger partial charge on any atom is 0.124 e. The van der Waals surface area contributed by atoms with E-state index < -0.39 is 8.07 Å². The van der Waals surface area contributed by atoms with Crippen molar-refractivity contribution in [3.8, 4) is 5.75 Å². The summed E-state index contributed by atoms with van der Waals surface area (Å²) in [6.45, 7) is 7.38. The van der Waals surface area contributed by atoms with E-state index in [1.165, 1.54) is 5.56 Å². The third-order valence-corrected chi connectivity index (χ3v) is 6.52. The fourth-order valence-electron chi connectivity index (χ4n) is 3.27. The van der Waals surface area contributed by atoms with Crippen LogP contribution in [0.25, 0.3) is 0 Å². The fraction of sp³-hybridized carbons (Fsp3) is 0.375. The molecule has 1 heterocycles. The van der Waals surface area contributed by atoms with E-state index in [-0.39, 0.29) is 6.10 Å². The Morgan fingerprint density at radius 2 is 1.72 bits per heavy atom. The zero-order chi connectivity index (χ0) is 12.8. The first-order chi connectivity index (χ1) is 8.57. The van der Waals surface area contributed by atoms with Crippen LogP contribution in [0.3, 0.4) is 0 Å². The summed E-state index contributed by atoms with van der Waals surface area (Å²) in [5, 5.41) is 0. The molecule has 1 nitrogen and oxygen atoms in total. The zero-order valence-corrected chi connectivity index (χ0v) is 12.3. The van der Waals surface area contributed by atoms with Crippen LogP contribution in [0.1, 0.15) is 11.1 Å². The molecule has 94 valence electrons. The lowest BCUT2D eigenvalue weighted by molar-refractivity contribution is 0.172. The molecule has 0 amide bonds. The highest BCUT2D eigenvalue weighted by molar-refractivity contribution is 6.77. The highest BCUT2D eigenvalue weighted by Gasteiger charge is 2.43. The van der Waals surface area contributed by atoms with Crippen molar-refractivity contribution >= 4 is 8.07 Å². The van der Waals surface area contributed by atoms with Crippen molar-refractivity contribution in [2.45, 2.75) is 31.3 Å². The predicted octanol–water partition coefficient (Wildman–Crippen LogP) is 4.15. The SMILES string of the molecule is C[Si](C)(C)[C@@H]1c2ccccc2O[C@H]2C=CC=C[C@@H]21. The zero-order valence-electron chi connectivity index (χ0n) is 11.3. The molecule has 1 aliphatic heterocycles. The average molecular weight is 256 g/mol. The molecule has 3 rings (SSSR count). The standard InChI is InChI=1S/C16H20OSi/c1-18(2,3)16-12-8-4-6-10-14(12)17-15-11-7-5-9-13(15)16/h4-12,14,16H,1-3H3/t12-,14-,16-/m0/s1. The molecular weight excluding hydrogens is 236 g/mol. The Morgan fingerprint density at radius 1 is 1.00 bits per heavy atom. The van der Waals surface area contributed by atoms with Crippen molar-refractivity contribution in [2.24, 2.45) is 5.92 Å². The maximum atomic E-state index is 6.15. The molecular formula is C16H20OSi. The van der Waals surface area contributed by atoms with Crippen molar-refractivity contribution in [3.05, 3.63) is 54.1 Å². The van der Waals surface area contributed by atoms with E-state index in [4.69, 9.17) is 4.74 Å². The van der Waals surface area contributed by atoms with E-state index >= 15 is 0 Å². The highest BCUT2D eigenvalue weighted by Crippen LogP contribution is 2.46. The molecule has 0 aromatic heterocycles. The van der Waals surface area contributed by atoms with Gasteiger partial charge in [-0.3, -0.25) is 0 Å². The second-order valence-electron chi connectivity index (χ2n) is 6.31. The minimum Gasteiger partial charge on any atom is -0.485 e. The minimum absolute atomic E-state index is 0.224. The van der Waals surface area contributed by atoms with Gasteiger partial charge in [0.25, 0.3) is 0 Å². The van der Waals surface area contributed by atoms with Crippen molar-refractivity contribution in [1.29, 1.82) is 0 Å². The lowest BCUT2D eigenvalue weighted by Gasteiger charge is -2.43. The Hall–Kier alpha value is -1.28. The number of hydrogen-bond acceptors (Lipinski definition) is 1. The molecule has 1 aromatic carbocycles. The number of fused-ring (bicyclic) bond motifs is 2. The Morgan fingerprint density at radius 3 is 2.50 bits per heavy atom. The van der Waals surface area contributed by atoms with Crippen molar-refractivity contribution < 1.29 is 4.74 Å². The maximum absolute atomic E-state index is 6.15. The van der Waals surface area contributed by atoms with Gasteiger partial charge >= 0.3 is 0 Å². The van der Waals surface area contributed by atoms with Gasteiger partial charge in [-0.2, -0.15) is 0 Å². The Kier molecular flexibility index (Phi) is 2.70. The molecule has 0 fully saturated rings. The molecule has 0 spiro atoms. The van der Waals surface area contributed by atoms with Gasteiger partial charge in [0.05, 0.1) is 8.07 Å². The molecule has 0 bridgehead atoms. The topological polar surface area (TPSA) is 9.23 Å². The van der Waals surface area contributed by atoms with E-state index in [9.17, 15) is 0 Å². The van der Waals surface area contributed by atoms with Gasteiger partial charge in [0.15, 0.2) is 0 Å². The predicted molar refractivity (Wildman–Crippen MR) is 78.7 cm³/mol. The van der Waals surface area contributed by atoms with Crippen molar-refractivity contribution in [2.75, 3.05) is 0 Å². The highest BCUT2D eigenvalue weighted by atomic mass is 28.3. The van der Waals surface area contributed by atoms with Gasteiger partial charge in [0.1, 0.15) is 11.9 Å². The number of para-hydroxylation sites is 1. The Bertz CT molecular complexity index is 510. The second kappa shape index (κ2) is 4.13. The summed E-state index contributed by atoms with van der Waals surface area (Å²) in [5.41, 5.74) is 2.06. The van der Waals surface area contributed by atoms with Crippen LogP contribution in [0.15, 0.2) is 48.6 Å². The number of benzene rings is 1. The summed E-state index contributed by atoms with van der Waals surface area (Å²) in [7, 11) is -1.28. The molecule has 2 heteroatoms. The summed E-state index contributed by atoms with van der Waals surface area (Å²) in [6.07, 6.45) is 9.04. The van der Waals surface area contributed by atoms with Gasteiger partial charge in [-0.15, -0.1) is 0 Å². The molecule has 1 aliphatic carbocycles. The molecule has 3 atom stereocenters. The Balaban J connectivity index is 2.13. The normalized spacial score (nSPS) is 29.4. The summed E-state index contributed by atoms with van der Waals surface area (Å²) in [5.74, 6) is 1.60. The molecule has 2 aliphatic rings. The van der Waals surface area contributed by atoms with Crippen LogP contribution in [0.4, 0.5) is 0 Å². The largest absolute Gasteiger partial charge is 0.485 e. The van der Waals surface area contributed by atoms with Gasteiger partial charge < -0.3 is 4.74 Å². The molecule has 1 aromatic rings. The number of hydrogen-bond donors (Lipinski definition) is 0. The summed E-state index contributed by atoms with van der Waals surface area (Å²) in [4.78, 5) is 0. The molecule has 0 saturated carbocycles. The van der Waals surface area contributed by atoms with E-state index in [1.54, 1.807) is 0 Å². The smallest absolute Gasteiger partial charge is 0.124 e. The Labute approximate surface area is 110 Å². The lowest BCUT2D eigenvalue weighted by Crippen LogP contribution is -2.45. The summed E-state index contributed by atoms with van der Waals surface area (Å²) >= 11 is 0. The van der Waals surface area contributed by atoms with Crippen LogP contribution < -0.4 is 4.74 Å². The second-order valence-corrected chi connectivity index (χ2v) is 11.7. The van der Waals surface area contributed by atoms with Gasteiger partial charge in [-0.1, -0.05) is 56.1 Å². The molecule has 0 unspecified atom stereocenters. The first-order valence-corrected chi connectivity index (χ1v) is 10.3. The van der Waals surface area contributed by atoms with Crippen LogP contribution in [0, 0.1) is 5.92 Å². The van der Waals surface area contributed by atoms with Gasteiger partial charge in [-0.25, -0.2) is 0 Å². The third-order valence-electron chi connectivity index (χ3n) is 3.96. The van der Waals surface area contributed by atoms with E-state index in [0.717, 1.165) is 5.75 Å². The van der Waals surface area contributed by atoms with E-state index in [2.05, 4.69) is 68.2 Å². The summed E-state index contributed by atoms with van der Waals surface area (Å²) < 4.78 is 6.15. The van der Waals surface area contributed by atoms with Crippen LogP contribution in [-0.2, 0) is 0 Å². The monoisotopic (exact) mass is 256 g/mol. The van der Waals surface area contributed by atoms with Crippen LogP contribution in [0.2, 0.25) is 19.6 Å². The first-order valence-electron chi connectivity index (χ1n) is 6.68. The fourth-order valence-corrected chi connectivity index (χ4v) is 5.89. The van der Waals surface area contributed by atoms with Crippen LogP contribution in [0.5, 0.6) is 5.75 Å². The van der Waals surface area contributed by atoms with E-state index in [0.29, 0.717) is 11.5 Å². The molecule has 0 saturated heterocycles.